The van der Waals surface area contributed by atoms with Crippen LogP contribution in [0.3, 0.4) is 0 Å². The van der Waals surface area contributed by atoms with E-state index in [1.165, 1.54) is 11.3 Å². The molecule has 4 nitrogen and oxygen atoms in total. The van der Waals surface area contributed by atoms with Gasteiger partial charge in [-0.2, -0.15) is 11.3 Å². The number of rotatable bonds is 8. The fourth-order valence-electron chi connectivity index (χ4n) is 2.29. The van der Waals surface area contributed by atoms with Gasteiger partial charge in [0, 0.05) is 39.4 Å². The lowest BCUT2D eigenvalue weighted by Gasteiger charge is -2.19. The Morgan fingerprint density at radius 1 is 1.12 bits per heavy atom. The molecule has 1 aromatic heterocycles. The molecule has 0 amide bonds. The molecule has 1 aromatic carbocycles. The van der Waals surface area contributed by atoms with Gasteiger partial charge in [0.15, 0.2) is 5.96 Å². The molecule has 0 bridgehead atoms. The second kappa shape index (κ2) is 12.1. The van der Waals surface area contributed by atoms with E-state index in [1.807, 2.05) is 7.05 Å². The first-order chi connectivity index (χ1) is 11.3. The Morgan fingerprint density at radius 3 is 2.58 bits per heavy atom. The van der Waals surface area contributed by atoms with Gasteiger partial charge < -0.3 is 15.5 Å². The molecule has 2 aromatic rings. The van der Waals surface area contributed by atoms with Crippen molar-refractivity contribution in [2.45, 2.75) is 19.4 Å². The van der Waals surface area contributed by atoms with Crippen molar-refractivity contribution in [1.82, 2.24) is 10.6 Å². The highest BCUT2D eigenvalue weighted by atomic mass is 127. The average molecular weight is 458 g/mol. The van der Waals surface area contributed by atoms with E-state index in [4.69, 9.17) is 0 Å². The Bertz CT molecular complexity index is 572. The summed E-state index contributed by atoms with van der Waals surface area (Å²) in [5.41, 5.74) is 2.57. The molecule has 6 heteroatoms. The van der Waals surface area contributed by atoms with Crippen molar-refractivity contribution in [3.8, 4) is 0 Å². The van der Waals surface area contributed by atoms with Gasteiger partial charge in [-0.3, -0.25) is 4.99 Å². The molecule has 0 spiro atoms. The van der Waals surface area contributed by atoms with Crippen molar-refractivity contribution in [2.24, 2.45) is 4.99 Å². The molecule has 24 heavy (non-hydrogen) atoms. The smallest absolute Gasteiger partial charge is 0.191 e. The number of aliphatic imine (C=N–C) groups is 1. The lowest BCUT2D eigenvalue weighted by Crippen LogP contribution is -2.37. The molecule has 0 radical (unpaired) electrons. The van der Waals surface area contributed by atoms with E-state index in [9.17, 15) is 0 Å². The zero-order chi connectivity index (χ0) is 16.3. The average Bonchev–Trinajstić information content (AvgIpc) is 3.11. The number of hydrogen-bond acceptors (Lipinski definition) is 3. The van der Waals surface area contributed by atoms with E-state index in [-0.39, 0.29) is 24.0 Å². The Balaban J connectivity index is 0.00000288. The van der Waals surface area contributed by atoms with E-state index in [0.717, 1.165) is 38.4 Å². The van der Waals surface area contributed by atoms with Gasteiger partial charge in [0.2, 0.25) is 0 Å². The summed E-state index contributed by atoms with van der Waals surface area (Å²) in [6.45, 7) is 2.82. The van der Waals surface area contributed by atoms with Gasteiger partial charge in [0.25, 0.3) is 0 Å². The zero-order valence-electron chi connectivity index (χ0n) is 14.4. The van der Waals surface area contributed by atoms with Gasteiger partial charge in [-0.05, 0) is 47.4 Å². The minimum Gasteiger partial charge on any atom is -0.375 e. The second-order valence-electron chi connectivity index (χ2n) is 5.45. The molecule has 2 rings (SSSR count). The molecule has 1 heterocycles. The van der Waals surface area contributed by atoms with Crippen LogP contribution in [0, 0.1) is 0 Å². The van der Waals surface area contributed by atoms with Crippen LogP contribution in [0.15, 0.2) is 52.2 Å². The summed E-state index contributed by atoms with van der Waals surface area (Å²) in [5.74, 6) is 0.868. The molecule has 0 atom stereocenters. The highest BCUT2D eigenvalue weighted by molar-refractivity contribution is 14.0. The lowest BCUT2D eigenvalue weighted by atomic mass is 10.2. The maximum absolute atomic E-state index is 4.26. The normalized spacial score (nSPS) is 10.8. The molecule has 132 valence electrons. The SMILES string of the molecule is CN=C(NCCCCN(C)c1ccccc1)NCc1ccsc1.I. The fourth-order valence-corrected chi connectivity index (χ4v) is 2.96. The fraction of sp³-hybridized carbons (Fsp3) is 0.389. The van der Waals surface area contributed by atoms with Gasteiger partial charge >= 0.3 is 0 Å². The van der Waals surface area contributed by atoms with Crippen molar-refractivity contribution in [1.29, 1.82) is 0 Å². The first-order valence-corrected chi connectivity index (χ1v) is 8.95. The van der Waals surface area contributed by atoms with Crippen LogP contribution in [-0.2, 0) is 6.54 Å². The van der Waals surface area contributed by atoms with Crippen LogP contribution in [0.5, 0.6) is 0 Å². The van der Waals surface area contributed by atoms with Crippen LogP contribution in [0.1, 0.15) is 18.4 Å². The number of hydrogen-bond donors (Lipinski definition) is 2. The Kier molecular flexibility index (Phi) is 10.5. The predicted molar refractivity (Wildman–Crippen MR) is 117 cm³/mol. The summed E-state index contributed by atoms with van der Waals surface area (Å²) in [6.07, 6.45) is 2.27. The number of halogens is 1. The minimum absolute atomic E-state index is 0. The number of thiophene rings is 1. The molecule has 0 fully saturated rings. The van der Waals surface area contributed by atoms with Crippen LogP contribution in [0.2, 0.25) is 0 Å². The first kappa shape index (κ1) is 20.8. The standard InChI is InChI=1S/C18H26N4S.HI/c1-19-18(21-14-16-10-13-23-15-16)20-11-6-7-12-22(2)17-8-4-3-5-9-17;/h3-5,8-10,13,15H,6-7,11-12,14H2,1-2H3,(H2,19,20,21);1H. The monoisotopic (exact) mass is 458 g/mol. The van der Waals surface area contributed by atoms with Crippen molar-refractivity contribution >= 4 is 47.0 Å². The maximum Gasteiger partial charge on any atom is 0.191 e. The Labute approximate surface area is 166 Å². The number of anilines is 1. The predicted octanol–water partition coefficient (Wildman–Crippen LogP) is 3.95. The largest absolute Gasteiger partial charge is 0.375 e. The van der Waals surface area contributed by atoms with Crippen LogP contribution in [-0.4, -0.2) is 33.1 Å². The van der Waals surface area contributed by atoms with Crippen molar-refractivity contribution < 1.29 is 0 Å². The van der Waals surface area contributed by atoms with E-state index in [2.05, 4.69) is 74.7 Å². The topological polar surface area (TPSA) is 39.7 Å². The minimum atomic E-state index is 0. The van der Waals surface area contributed by atoms with Crippen LogP contribution >= 0.6 is 35.3 Å². The van der Waals surface area contributed by atoms with Crippen molar-refractivity contribution in [2.75, 3.05) is 32.1 Å². The van der Waals surface area contributed by atoms with E-state index in [1.54, 1.807) is 11.3 Å². The number of nitrogens with zero attached hydrogens (tertiary/aromatic N) is 2. The Hall–Kier alpha value is -1.28. The summed E-state index contributed by atoms with van der Waals surface area (Å²) < 4.78 is 0. The highest BCUT2D eigenvalue weighted by Crippen LogP contribution is 2.11. The summed E-state index contributed by atoms with van der Waals surface area (Å²) in [4.78, 5) is 6.55. The van der Waals surface area contributed by atoms with E-state index < -0.39 is 0 Å². The summed E-state index contributed by atoms with van der Waals surface area (Å²) >= 11 is 1.72. The van der Waals surface area contributed by atoms with Crippen LogP contribution in [0.25, 0.3) is 0 Å². The molecule has 0 aliphatic heterocycles. The lowest BCUT2D eigenvalue weighted by molar-refractivity contribution is 0.686. The molecule has 0 aliphatic carbocycles. The summed E-state index contributed by atoms with van der Waals surface area (Å²) in [5, 5.41) is 10.9. The molecular weight excluding hydrogens is 431 g/mol. The molecule has 0 aliphatic rings. The second-order valence-corrected chi connectivity index (χ2v) is 6.23. The van der Waals surface area contributed by atoms with Gasteiger partial charge in [-0.15, -0.1) is 24.0 Å². The van der Waals surface area contributed by atoms with Crippen LogP contribution < -0.4 is 15.5 Å². The molecule has 0 unspecified atom stereocenters. The number of nitrogens with one attached hydrogen (secondary N) is 2. The third-order valence-electron chi connectivity index (χ3n) is 3.67. The number of unbranched alkanes of at least 4 members (excludes halogenated alkanes) is 1. The number of guanidine groups is 1. The third kappa shape index (κ3) is 7.53. The highest BCUT2D eigenvalue weighted by Gasteiger charge is 2.01. The van der Waals surface area contributed by atoms with Crippen molar-refractivity contribution in [3.05, 3.63) is 52.7 Å². The van der Waals surface area contributed by atoms with Gasteiger partial charge in [-0.25, -0.2) is 0 Å². The molecular formula is C18H27IN4S. The van der Waals surface area contributed by atoms with E-state index in [0.29, 0.717) is 0 Å². The molecule has 0 saturated carbocycles. The molecule has 0 saturated heterocycles. The van der Waals surface area contributed by atoms with Gasteiger partial charge in [0.1, 0.15) is 0 Å². The van der Waals surface area contributed by atoms with Crippen LogP contribution in [0.4, 0.5) is 5.69 Å². The van der Waals surface area contributed by atoms with Gasteiger partial charge in [-0.1, -0.05) is 18.2 Å². The maximum atomic E-state index is 4.26. The number of benzene rings is 1. The first-order valence-electron chi connectivity index (χ1n) is 8.01. The quantitative estimate of drug-likeness (QED) is 0.273. The van der Waals surface area contributed by atoms with Gasteiger partial charge in [0.05, 0.1) is 0 Å². The van der Waals surface area contributed by atoms with E-state index >= 15 is 0 Å². The third-order valence-corrected chi connectivity index (χ3v) is 4.41. The van der Waals surface area contributed by atoms with Crippen molar-refractivity contribution in [3.63, 3.8) is 0 Å². The summed E-state index contributed by atoms with van der Waals surface area (Å²) in [7, 11) is 3.95. The Morgan fingerprint density at radius 2 is 1.92 bits per heavy atom. The summed E-state index contributed by atoms with van der Waals surface area (Å²) in [6, 6.07) is 12.6. The molecule has 2 N–H and O–H groups in total. The number of para-hydroxylation sites is 1. The zero-order valence-corrected chi connectivity index (χ0v) is 17.5.